The van der Waals surface area contributed by atoms with Gasteiger partial charge >= 0.3 is 0 Å². The van der Waals surface area contributed by atoms with Gasteiger partial charge in [-0.1, -0.05) is 44.7 Å². The molecule has 2 rings (SSSR count). The molecule has 5 nitrogen and oxygen atoms in total. The quantitative estimate of drug-likeness (QED) is 0.720. The minimum Gasteiger partial charge on any atom is -0.351 e. The van der Waals surface area contributed by atoms with Crippen molar-refractivity contribution in [2.75, 3.05) is 6.54 Å². The smallest absolute Gasteiger partial charge is 0.247 e. The number of nitrogens with zero attached hydrogens (tertiary/aromatic N) is 2. The SMILES string of the molecule is CC=CC(=O)N(CCCC)C(C(=O)NC1CCCCC1)c1cccnc1. The first-order valence-corrected chi connectivity index (χ1v) is 9.81. The lowest BCUT2D eigenvalue weighted by atomic mass is 9.95. The summed E-state index contributed by atoms with van der Waals surface area (Å²) in [6.07, 6.45) is 14.0. The molecule has 26 heavy (non-hydrogen) atoms. The Morgan fingerprint density at radius 2 is 2.12 bits per heavy atom. The Balaban J connectivity index is 2.27. The van der Waals surface area contributed by atoms with E-state index in [0.29, 0.717) is 6.54 Å². The van der Waals surface area contributed by atoms with Crippen molar-refractivity contribution in [1.82, 2.24) is 15.2 Å². The number of pyridine rings is 1. The van der Waals surface area contributed by atoms with E-state index in [4.69, 9.17) is 0 Å². The maximum Gasteiger partial charge on any atom is 0.247 e. The zero-order valence-electron chi connectivity index (χ0n) is 16.0. The van der Waals surface area contributed by atoms with Crippen LogP contribution in [0.5, 0.6) is 0 Å². The largest absolute Gasteiger partial charge is 0.351 e. The molecular weight excluding hydrogens is 326 g/mol. The number of nitrogens with one attached hydrogen (secondary N) is 1. The van der Waals surface area contributed by atoms with E-state index < -0.39 is 6.04 Å². The zero-order valence-corrected chi connectivity index (χ0v) is 16.0. The molecule has 0 aliphatic heterocycles. The van der Waals surface area contributed by atoms with Gasteiger partial charge in [0, 0.05) is 30.5 Å². The van der Waals surface area contributed by atoms with Gasteiger partial charge < -0.3 is 10.2 Å². The number of aromatic nitrogens is 1. The highest BCUT2D eigenvalue weighted by molar-refractivity contribution is 5.93. The second kappa shape index (κ2) is 10.7. The summed E-state index contributed by atoms with van der Waals surface area (Å²) in [5, 5.41) is 3.19. The van der Waals surface area contributed by atoms with Crippen molar-refractivity contribution in [3.8, 4) is 0 Å². The summed E-state index contributed by atoms with van der Waals surface area (Å²) in [5.41, 5.74) is 0.759. The van der Waals surface area contributed by atoms with Crippen LogP contribution in [0, 0.1) is 0 Å². The average molecular weight is 357 g/mol. The Labute approximate surface area is 156 Å². The van der Waals surface area contributed by atoms with Crippen LogP contribution in [-0.4, -0.2) is 34.3 Å². The lowest BCUT2D eigenvalue weighted by Crippen LogP contribution is -2.47. The van der Waals surface area contributed by atoms with Gasteiger partial charge in [-0.25, -0.2) is 0 Å². The molecule has 0 saturated heterocycles. The number of hydrogen-bond acceptors (Lipinski definition) is 3. The first-order chi connectivity index (χ1) is 12.7. The summed E-state index contributed by atoms with van der Waals surface area (Å²) in [5.74, 6) is -0.229. The topological polar surface area (TPSA) is 62.3 Å². The van der Waals surface area contributed by atoms with E-state index in [1.54, 1.807) is 23.4 Å². The molecule has 1 aromatic rings. The lowest BCUT2D eigenvalue weighted by Gasteiger charge is -2.32. The fourth-order valence-corrected chi connectivity index (χ4v) is 3.47. The molecule has 0 aromatic carbocycles. The molecule has 1 heterocycles. The number of unbranched alkanes of at least 4 members (excludes halogenated alkanes) is 1. The standard InChI is InChI=1S/C21H31N3O2/c1-3-5-15-24(19(25)10-4-2)20(17-11-9-14-22-16-17)21(26)23-18-12-7-6-8-13-18/h4,9-11,14,16,18,20H,3,5-8,12-13,15H2,1-2H3,(H,23,26). The van der Waals surface area contributed by atoms with Crippen molar-refractivity contribution in [1.29, 1.82) is 0 Å². The van der Waals surface area contributed by atoms with Gasteiger partial charge in [0.1, 0.15) is 6.04 Å². The second-order valence-corrected chi connectivity index (χ2v) is 6.92. The van der Waals surface area contributed by atoms with Crippen molar-refractivity contribution in [3.05, 3.63) is 42.2 Å². The van der Waals surface area contributed by atoms with Crippen LogP contribution in [0.1, 0.15) is 70.4 Å². The summed E-state index contributed by atoms with van der Waals surface area (Å²) in [4.78, 5) is 31.7. The van der Waals surface area contributed by atoms with Crippen molar-refractivity contribution < 1.29 is 9.59 Å². The first kappa shape index (κ1) is 20.1. The highest BCUT2D eigenvalue weighted by atomic mass is 16.2. The third kappa shape index (κ3) is 5.68. The third-order valence-electron chi connectivity index (χ3n) is 4.86. The highest BCUT2D eigenvalue weighted by Crippen LogP contribution is 2.24. The second-order valence-electron chi connectivity index (χ2n) is 6.92. The summed E-state index contributed by atoms with van der Waals surface area (Å²) < 4.78 is 0. The number of allylic oxidation sites excluding steroid dienone is 1. The summed E-state index contributed by atoms with van der Waals surface area (Å²) in [6.45, 7) is 4.45. The molecule has 1 N–H and O–H groups in total. The van der Waals surface area contributed by atoms with Gasteiger partial charge in [-0.3, -0.25) is 14.6 Å². The van der Waals surface area contributed by atoms with E-state index in [2.05, 4.69) is 17.2 Å². The first-order valence-electron chi connectivity index (χ1n) is 9.81. The van der Waals surface area contributed by atoms with Crippen molar-refractivity contribution >= 4 is 11.8 Å². The molecule has 0 radical (unpaired) electrons. The minimum atomic E-state index is -0.638. The maximum atomic E-state index is 13.2. The van der Waals surface area contributed by atoms with E-state index in [1.165, 1.54) is 12.5 Å². The Bertz CT molecular complexity index is 595. The molecule has 0 bridgehead atoms. The molecular formula is C21H31N3O2. The molecule has 5 heteroatoms. The van der Waals surface area contributed by atoms with Crippen LogP contribution in [0.4, 0.5) is 0 Å². The predicted molar refractivity (Wildman–Crippen MR) is 103 cm³/mol. The zero-order chi connectivity index (χ0) is 18.8. The van der Waals surface area contributed by atoms with Gasteiger partial charge in [-0.05, 0) is 38.3 Å². The Hall–Kier alpha value is -2.17. The van der Waals surface area contributed by atoms with Gasteiger partial charge in [0.2, 0.25) is 11.8 Å². The minimum absolute atomic E-state index is 0.0983. The normalized spacial score (nSPS) is 16.4. The molecule has 2 amide bonds. The third-order valence-corrected chi connectivity index (χ3v) is 4.86. The van der Waals surface area contributed by atoms with Crippen LogP contribution in [-0.2, 0) is 9.59 Å². The van der Waals surface area contributed by atoms with Gasteiger partial charge in [0.05, 0.1) is 0 Å². The average Bonchev–Trinajstić information content (AvgIpc) is 2.66. The number of hydrogen-bond donors (Lipinski definition) is 1. The number of amides is 2. The fraction of sp³-hybridized carbons (Fsp3) is 0.571. The fourth-order valence-electron chi connectivity index (χ4n) is 3.47. The molecule has 142 valence electrons. The van der Waals surface area contributed by atoms with E-state index >= 15 is 0 Å². The van der Waals surface area contributed by atoms with Gasteiger partial charge in [0.25, 0.3) is 0 Å². The molecule has 0 spiro atoms. The van der Waals surface area contributed by atoms with Crippen LogP contribution in [0.25, 0.3) is 0 Å². The number of rotatable bonds is 8. The van der Waals surface area contributed by atoms with Crippen LogP contribution < -0.4 is 5.32 Å². The van der Waals surface area contributed by atoms with E-state index in [1.807, 2.05) is 19.1 Å². The van der Waals surface area contributed by atoms with Gasteiger partial charge in [-0.2, -0.15) is 0 Å². The van der Waals surface area contributed by atoms with Gasteiger partial charge in [-0.15, -0.1) is 0 Å². The molecule has 1 aliphatic carbocycles. The number of carbonyl (C=O) groups excluding carboxylic acids is 2. The van der Waals surface area contributed by atoms with Crippen molar-refractivity contribution in [2.24, 2.45) is 0 Å². The maximum absolute atomic E-state index is 13.2. The Morgan fingerprint density at radius 1 is 1.35 bits per heavy atom. The van der Waals surface area contributed by atoms with Crippen LogP contribution in [0.2, 0.25) is 0 Å². The Morgan fingerprint density at radius 3 is 2.73 bits per heavy atom. The summed E-state index contributed by atoms with van der Waals surface area (Å²) in [6, 6.07) is 3.26. The predicted octanol–water partition coefficient (Wildman–Crippen LogP) is 3.78. The van der Waals surface area contributed by atoms with Crippen LogP contribution in [0.3, 0.4) is 0 Å². The van der Waals surface area contributed by atoms with Crippen LogP contribution >= 0.6 is 0 Å². The molecule has 1 aliphatic rings. The van der Waals surface area contributed by atoms with Crippen molar-refractivity contribution in [3.63, 3.8) is 0 Å². The lowest BCUT2D eigenvalue weighted by molar-refractivity contribution is -0.138. The van der Waals surface area contributed by atoms with Crippen LogP contribution in [0.15, 0.2) is 36.7 Å². The Kier molecular flexibility index (Phi) is 8.32. The summed E-state index contributed by atoms with van der Waals surface area (Å²) >= 11 is 0. The molecule has 1 unspecified atom stereocenters. The molecule has 1 aromatic heterocycles. The van der Waals surface area contributed by atoms with E-state index in [-0.39, 0.29) is 17.9 Å². The summed E-state index contributed by atoms with van der Waals surface area (Å²) in [7, 11) is 0. The molecule has 1 atom stereocenters. The van der Waals surface area contributed by atoms with E-state index in [9.17, 15) is 9.59 Å². The molecule has 1 fully saturated rings. The highest BCUT2D eigenvalue weighted by Gasteiger charge is 2.31. The van der Waals surface area contributed by atoms with E-state index in [0.717, 1.165) is 44.1 Å². The van der Waals surface area contributed by atoms with Crippen molar-refractivity contribution in [2.45, 2.75) is 70.9 Å². The molecule has 1 saturated carbocycles. The number of carbonyl (C=O) groups is 2. The monoisotopic (exact) mass is 357 g/mol. The van der Waals surface area contributed by atoms with Gasteiger partial charge in [0.15, 0.2) is 0 Å².